The molecular formula is C7H16O4. The Hall–Kier alpha value is -0.160. The molecule has 4 nitrogen and oxygen atoms in total. The second-order valence-corrected chi connectivity index (χ2v) is 2.68. The monoisotopic (exact) mass is 164 g/mol. The Morgan fingerprint density at radius 2 is 1.64 bits per heavy atom. The third-order valence-electron chi connectivity index (χ3n) is 2.09. The Bertz CT molecular complexity index is 96.6. The van der Waals surface area contributed by atoms with Crippen LogP contribution in [0, 0.1) is 5.92 Å². The molecule has 0 fully saturated rings. The molecule has 68 valence electrons. The van der Waals surface area contributed by atoms with Crippen molar-refractivity contribution in [1.82, 2.24) is 0 Å². The molecule has 4 heteroatoms. The van der Waals surface area contributed by atoms with Crippen LogP contribution in [0.4, 0.5) is 0 Å². The maximum absolute atomic E-state index is 9.52. The highest BCUT2D eigenvalue weighted by Gasteiger charge is 2.33. The minimum Gasteiger partial charge on any atom is -0.396 e. The van der Waals surface area contributed by atoms with E-state index in [0.717, 1.165) is 0 Å². The maximum Gasteiger partial charge on any atom is 0.0946 e. The molecule has 1 unspecified atom stereocenters. The fourth-order valence-electron chi connectivity index (χ4n) is 0.927. The van der Waals surface area contributed by atoms with Gasteiger partial charge < -0.3 is 20.4 Å². The molecule has 0 amide bonds. The average molecular weight is 164 g/mol. The molecule has 0 aromatic heterocycles. The summed E-state index contributed by atoms with van der Waals surface area (Å²) >= 11 is 0. The lowest BCUT2D eigenvalue weighted by molar-refractivity contribution is -0.0941. The van der Waals surface area contributed by atoms with E-state index in [1.54, 1.807) is 6.92 Å². The SMILES string of the molecule is CCC(O)(CO)C(CO)CO. The average Bonchev–Trinajstić information content (AvgIpc) is 2.06. The van der Waals surface area contributed by atoms with Gasteiger partial charge in [0.1, 0.15) is 0 Å². The number of rotatable bonds is 5. The van der Waals surface area contributed by atoms with Crippen molar-refractivity contribution in [2.24, 2.45) is 5.92 Å². The summed E-state index contributed by atoms with van der Waals surface area (Å²) < 4.78 is 0. The first-order valence-corrected chi connectivity index (χ1v) is 3.69. The van der Waals surface area contributed by atoms with Gasteiger partial charge in [0.2, 0.25) is 0 Å². The number of aliphatic hydroxyl groups excluding tert-OH is 3. The first kappa shape index (κ1) is 10.8. The maximum atomic E-state index is 9.52. The molecule has 0 heterocycles. The molecule has 0 aliphatic rings. The zero-order valence-electron chi connectivity index (χ0n) is 6.69. The van der Waals surface area contributed by atoms with Gasteiger partial charge in [-0.3, -0.25) is 0 Å². The van der Waals surface area contributed by atoms with Crippen molar-refractivity contribution in [2.75, 3.05) is 19.8 Å². The van der Waals surface area contributed by atoms with Crippen LogP contribution in [-0.4, -0.2) is 45.8 Å². The highest BCUT2D eigenvalue weighted by molar-refractivity contribution is 4.83. The second kappa shape index (κ2) is 4.66. The minimum absolute atomic E-state index is 0.315. The third kappa shape index (κ3) is 2.41. The molecule has 0 saturated heterocycles. The number of hydrogen-bond donors (Lipinski definition) is 4. The van der Waals surface area contributed by atoms with Crippen LogP contribution in [0.25, 0.3) is 0 Å². The predicted octanol–water partition coefficient (Wildman–Crippen LogP) is -1.28. The smallest absolute Gasteiger partial charge is 0.0946 e. The summed E-state index contributed by atoms with van der Waals surface area (Å²) in [4.78, 5) is 0. The summed E-state index contributed by atoms with van der Waals surface area (Å²) in [7, 11) is 0. The van der Waals surface area contributed by atoms with Crippen molar-refractivity contribution in [3.63, 3.8) is 0 Å². The van der Waals surface area contributed by atoms with E-state index in [1.165, 1.54) is 0 Å². The molecule has 0 aliphatic carbocycles. The second-order valence-electron chi connectivity index (χ2n) is 2.68. The van der Waals surface area contributed by atoms with E-state index in [1.807, 2.05) is 0 Å². The first-order chi connectivity index (χ1) is 5.14. The van der Waals surface area contributed by atoms with Crippen LogP contribution in [0.3, 0.4) is 0 Å². The van der Waals surface area contributed by atoms with E-state index in [-0.39, 0.29) is 13.2 Å². The summed E-state index contributed by atoms with van der Waals surface area (Å²) in [6.45, 7) is 0.618. The van der Waals surface area contributed by atoms with Gasteiger partial charge in [-0.15, -0.1) is 0 Å². The van der Waals surface area contributed by atoms with Crippen LogP contribution in [0.15, 0.2) is 0 Å². The largest absolute Gasteiger partial charge is 0.396 e. The van der Waals surface area contributed by atoms with Gasteiger partial charge >= 0.3 is 0 Å². The zero-order valence-corrected chi connectivity index (χ0v) is 6.69. The van der Waals surface area contributed by atoms with E-state index >= 15 is 0 Å². The van der Waals surface area contributed by atoms with Crippen LogP contribution in [0.5, 0.6) is 0 Å². The standard InChI is InChI=1S/C7H16O4/c1-2-7(11,5-10)6(3-8)4-9/h6,8-11H,2-5H2,1H3. The van der Waals surface area contributed by atoms with E-state index < -0.39 is 18.1 Å². The molecular weight excluding hydrogens is 148 g/mol. The Balaban J connectivity index is 4.19. The topological polar surface area (TPSA) is 80.9 Å². The molecule has 0 rings (SSSR count). The number of hydrogen-bond acceptors (Lipinski definition) is 4. The normalized spacial score (nSPS) is 16.9. The van der Waals surface area contributed by atoms with Gasteiger partial charge in [0.15, 0.2) is 0 Å². The van der Waals surface area contributed by atoms with Gasteiger partial charge in [0, 0.05) is 5.92 Å². The van der Waals surface area contributed by atoms with E-state index in [9.17, 15) is 5.11 Å². The van der Waals surface area contributed by atoms with Crippen molar-refractivity contribution in [3.8, 4) is 0 Å². The Morgan fingerprint density at radius 3 is 1.73 bits per heavy atom. The zero-order chi connectivity index (χ0) is 8.91. The quantitative estimate of drug-likeness (QED) is 0.408. The van der Waals surface area contributed by atoms with Gasteiger partial charge in [-0.1, -0.05) is 6.92 Å². The van der Waals surface area contributed by atoms with Gasteiger partial charge in [0.05, 0.1) is 25.4 Å². The Morgan fingerprint density at radius 1 is 1.18 bits per heavy atom. The van der Waals surface area contributed by atoms with Crippen molar-refractivity contribution < 1.29 is 20.4 Å². The summed E-state index contributed by atoms with van der Waals surface area (Å²) in [5.74, 6) is -0.655. The summed E-state index contributed by atoms with van der Waals surface area (Å²) in [5.41, 5.74) is -1.34. The van der Waals surface area contributed by atoms with E-state index in [0.29, 0.717) is 6.42 Å². The molecule has 0 aromatic carbocycles. The molecule has 11 heavy (non-hydrogen) atoms. The molecule has 4 N–H and O–H groups in total. The van der Waals surface area contributed by atoms with Gasteiger partial charge in [-0.2, -0.15) is 0 Å². The fourth-order valence-corrected chi connectivity index (χ4v) is 0.927. The molecule has 0 radical (unpaired) electrons. The van der Waals surface area contributed by atoms with Crippen molar-refractivity contribution in [1.29, 1.82) is 0 Å². The number of aliphatic hydroxyl groups is 4. The highest BCUT2D eigenvalue weighted by atomic mass is 16.3. The molecule has 0 saturated carbocycles. The fraction of sp³-hybridized carbons (Fsp3) is 1.00. The van der Waals surface area contributed by atoms with Crippen LogP contribution in [-0.2, 0) is 0 Å². The van der Waals surface area contributed by atoms with Gasteiger partial charge in [-0.25, -0.2) is 0 Å². The van der Waals surface area contributed by atoms with E-state index in [2.05, 4.69) is 0 Å². The van der Waals surface area contributed by atoms with Gasteiger partial charge in [0.25, 0.3) is 0 Å². The summed E-state index contributed by atoms with van der Waals surface area (Å²) in [5, 5.41) is 35.6. The van der Waals surface area contributed by atoms with E-state index in [4.69, 9.17) is 15.3 Å². The first-order valence-electron chi connectivity index (χ1n) is 3.69. The lowest BCUT2D eigenvalue weighted by Gasteiger charge is -2.31. The molecule has 0 spiro atoms. The Kier molecular flexibility index (Phi) is 4.60. The van der Waals surface area contributed by atoms with Crippen molar-refractivity contribution in [3.05, 3.63) is 0 Å². The molecule has 0 aliphatic heterocycles. The molecule has 0 bridgehead atoms. The highest BCUT2D eigenvalue weighted by Crippen LogP contribution is 2.19. The minimum atomic E-state index is -1.34. The van der Waals surface area contributed by atoms with Crippen molar-refractivity contribution in [2.45, 2.75) is 18.9 Å². The van der Waals surface area contributed by atoms with Gasteiger partial charge in [-0.05, 0) is 6.42 Å². The Labute approximate surface area is 66.1 Å². The van der Waals surface area contributed by atoms with Crippen molar-refractivity contribution >= 4 is 0 Å². The van der Waals surface area contributed by atoms with Crippen LogP contribution in [0.1, 0.15) is 13.3 Å². The molecule has 0 aromatic rings. The predicted molar refractivity (Wildman–Crippen MR) is 40.0 cm³/mol. The lowest BCUT2D eigenvalue weighted by Crippen LogP contribution is -2.44. The summed E-state index contributed by atoms with van der Waals surface area (Å²) in [6, 6.07) is 0. The summed E-state index contributed by atoms with van der Waals surface area (Å²) in [6.07, 6.45) is 0.315. The molecule has 1 atom stereocenters. The van der Waals surface area contributed by atoms with Crippen LogP contribution >= 0.6 is 0 Å². The van der Waals surface area contributed by atoms with Crippen LogP contribution < -0.4 is 0 Å². The lowest BCUT2D eigenvalue weighted by atomic mass is 9.87. The third-order valence-corrected chi connectivity index (χ3v) is 2.09. The van der Waals surface area contributed by atoms with Crippen LogP contribution in [0.2, 0.25) is 0 Å².